The third-order valence-corrected chi connectivity index (χ3v) is 5.86. The number of ether oxygens (including phenoxy) is 1. The molecule has 0 fully saturated rings. The minimum atomic E-state index is -0.555. The van der Waals surface area contributed by atoms with Crippen LogP contribution >= 0.6 is 11.8 Å². The van der Waals surface area contributed by atoms with E-state index in [1.54, 1.807) is 39.0 Å². The van der Waals surface area contributed by atoms with Gasteiger partial charge in [0.15, 0.2) is 12.4 Å². The molecule has 0 radical (unpaired) electrons. The van der Waals surface area contributed by atoms with Crippen molar-refractivity contribution in [3.8, 4) is 0 Å². The van der Waals surface area contributed by atoms with Crippen LogP contribution in [0.15, 0.2) is 40.8 Å². The predicted octanol–water partition coefficient (Wildman–Crippen LogP) is 4.56. The quantitative estimate of drug-likeness (QED) is 0.362. The van der Waals surface area contributed by atoms with Crippen molar-refractivity contribution in [3.05, 3.63) is 41.5 Å². The molecule has 0 aliphatic heterocycles. The highest BCUT2D eigenvalue weighted by molar-refractivity contribution is 8.00. The van der Waals surface area contributed by atoms with Crippen LogP contribution in [0.25, 0.3) is 0 Å². The molecule has 158 valence electrons. The number of esters is 1. The molecule has 5 nitrogen and oxygen atoms in total. The van der Waals surface area contributed by atoms with Crippen LogP contribution in [0.4, 0.5) is 0 Å². The molecule has 1 amide bonds. The number of hydrogen-bond donors (Lipinski definition) is 1. The maximum atomic E-state index is 12.4. The number of hydrogen-bond acceptors (Lipinski definition) is 5. The van der Waals surface area contributed by atoms with Gasteiger partial charge in [0.25, 0.3) is 0 Å². The topological polar surface area (TPSA) is 72.5 Å². The molecule has 29 heavy (non-hydrogen) atoms. The molecule has 1 aliphatic carbocycles. The van der Waals surface area contributed by atoms with Gasteiger partial charge in [-0.05, 0) is 44.2 Å². The van der Waals surface area contributed by atoms with Crippen molar-refractivity contribution >= 4 is 29.4 Å². The van der Waals surface area contributed by atoms with Crippen molar-refractivity contribution in [2.45, 2.75) is 57.8 Å². The highest BCUT2D eigenvalue weighted by atomic mass is 32.2. The fourth-order valence-corrected chi connectivity index (χ4v) is 3.75. The molecule has 0 atom stereocenters. The Morgan fingerprint density at radius 3 is 2.59 bits per heavy atom. The lowest BCUT2D eigenvalue weighted by Gasteiger charge is -2.16. The van der Waals surface area contributed by atoms with Crippen molar-refractivity contribution in [3.63, 3.8) is 0 Å². The fraction of sp³-hybridized carbons (Fsp3) is 0.522. The summed E-state index contributed by atoms with van der Waals surface area (Å²) in [6, 6.07) is 6.99. The van der Waals surface area contributed by atoms with Gasteiger partial charge in [0.05, 0.1) is 11.3 Å². The number of Topliss-reactive ketones (excluding diaryl/α,β-unsaturated/α-hetero) is 1. The maximum Gasteiger partial charge on any atom is 0.339 e. The Labute approximate surface area is 177 Å². The van der Waals surface area contributed by atoms with E-state index in [-0.39, 0.29) is 24.1 Å². The Balaban J connectivity index is 1.81. The summed E-state index contributed by atoms with van der Waals surface area (Å²) in [5.74, 6) is -0.513. The number of carbonyl (C=O) groups excluding carboxylic acids is 3. The molecule has 0 heterocycles. The largest absolute Gasteiger partial charge is 0.454 e. The Morgan fingerprint density at radius 2 is 1.90 bits per heavy atom. The van der Waals surface area contributed by atoms with Crippen LogP contribution in [0, 0.1) is 5.41 Å². The molecule has 1 aliphatic rings. The number of rotatable bonds is 9. The third kappa shape index (κ3) is 8.05. The summed E-state index contributed by atoms with van der Waals surface area (Å²) in [6.45, 7) is 5.75. The van der Waals surface area contributed by atoms with Crippen LogP contribution in [0.2, 0.25) is 0 Å². The molecule has 0 saturated heterocycles. The molecule has 0 spiro atoms. The zero-order valence-corrected chi connectivity index (χ0v) is 18.4. The lowest BCUT2D eigenvalue weighted by Crippen LogP contribution is -2.27. The summed E-state index contributed by atoms with van der Waals surface area (Å²) in [6.07, 6.45) is 7.98. The minimum absolute atomic E-state index is 0.0579. The van der Waals surface area contributed by atoms with Gasteiger partial charge in [-0.25, -0.2) is 4.79 Å². The number of ketones is 1. The van der Waals surface area contributed by atoms with E-state index in [2.05, 4.69) is 11.4 Å². The summed E-state index contributed by atoms with van der Waals surface area (Å²) in [7, 11) is 0. The Kier molecular flexibility index (Phi) is 8.96. The SMILES string of the molecule is CC(C)(C)C(=O)COC(=O)c1ccccc1SCC(=O)NCCC1=CCCCC1. The van der Waals surface area contributed by atoms with Crippen LogP contribution < -0.4 is 5.32 Å². The number of amides is 1. The average molecular weight is 418 g/mol. The van der Waals surface area contributed by atoms with E-state index in [9.17, 15) is 14.4 Å². The van der Waals surface area contributed by atoms with Crippen LogP contribution in [-0.2, 0) is 14.3 Å². The van der Waals surface area contributed by atoms with E-state index in [4.69, 9.17) is 4.74 Å². The molecule has 1 N–H and O–H groups in total. The van der Waals surface area contributed by atoms with Crippen LogP contribution in [0.5, 0.6) is 0 Å². The number of allylic oxidation sites excluding steroid dienone is 1. The van der Waals surface area contributed by atoms with Crippen LogP contribution in [0.3, 0.4) is 0 Å². The van der Waals surface area contributed by atoms with E-state index in [0.717, 1.165) is 19.3 Å². The number of carbonyl (C=O) groups is 3. The predicted molar refractivity (Wildman–Crippen MR) is 116 cm³/mol. The number of thioether (sulfide) groups is 1. The summed E-state index contributed by atoms with van der Waals surface area (Å²) < 4.78 is 5.19. The van der Waals surface area contributed by atoms with Crippen molar-refractivity contribution in [2.75, 3.05) is 18.9 Å². The second-order valence-electron chi connectivity index (χ2n) is 8.24. The van der Waals surface area contributed by atoms with Gasteiger partial charge in [0, 0.05) is 16.9 Å². The van der Waals surface area contributed by atoms with Gasteiger partial charge in [-0.1, -0.05) is 44.6 Å². The zero-order valence-electron chi connectivity index (χ0n) is 17.6. The van der Waals surface area contributed by atoms with Gasteiger partial charge < -0.3 is 10.1 Å². The average Bonchev–Trinajstić information content (AvgIpc) is 2.70. The van der Waals surface area contributed by atoms with Gasteiger partial charge in [0.2, 0.25) is 5.91 Å². The van der Waals surface area contributed by atoms with Crippen molar-refractivity contribution in [1.82, 2.24) is 5.32 Å². The molecule has 2 rings (SSSR count). The van der Waals surface area contributed by atoms with Gasteiger partial charge in [-0.2, -0.15) is 0 Å². The summed E-state index contributed by atoms with van der Waals surface area (Å²) in [5, 5.41) is 2.94. The Hall–Kier alpha value is -2.08. The lowest BCUT2D eigenvalue weighted by molar-refractivity contribution is -0.129. The third-order valence-electron chi connectivity index (χ3n) is 4.79. The fourth-order valence-electron chi connectivity index (χ4n) is 2.88. The molecule has 0 bridgehead atoms. The van der Waals surface area contributed by atoms with E-state index < -0.39 is 11.4 Å². The van der Waals surface area contributed by atoms with Gasteiger partial charge >= 0.3 is 5.97 Å². The van der Waals surface area contributed by atoms with E-state index >= 15 is 0 Å². The van der Waals surface area contributed by atoms with Gasteiger partial charge in [-0.15, -0.1) is 11.8 Å². The summed E-state index contributed by atoms with van der Waals surface area (Å²) >= 11 is 1.30. The molecule has 0 aromatic heterocycles. The normalized spacial score (nSPS) is 14.1. The second-order valence-corrected chi connectivity index (χ2v) is 9.26. The first-order valence-corrected chi connectivity index (χ1v) is 11.1. The molecular formula is C23H31NO4S. The Bertz CT molecular complexity index is 764. The van der Waals surface area contributed by atoms with Gasteiger partial charge in [0.1, 0.15) is 0 Å². The second kappa shape index (κ2) is 11.2. The highest BCUT2D eigenvalue weighted by Crippen LogP contribution is 2.24. The lowest BCUT2D eigenvalue weighted by atomic mass is 9.91. The summed E-state index contributed by atoms with van der Waals surface area (Å²) in [5.41, 5.74) is 1.25. The maximum absolute atomic E-state index is 12.4. The number of nitrogens with one attached hydrogen (secondary N) is 1. The molecule has 1 aromatic rings. The molecule has 0 unspecified atom stereocenters. The van der Waals surface area contributed by atoms with E-state index in [1.807, 2.05) is 6.07 Å². The van der Waals surface area contributed by atoms with Crippen molar-refractivity contribution in [1.29, 1.82) is 0 Å². The first-order valence-electron chi connectivity index (χ1n) is 10.1. The zero-order chi connectivity index (χ0) is 21.3. The standard InChI is InChI=1S/C23H31NO4S/c1-23(2,3)20(25)15-28-22(27)18-11-7-8-12-19(18)29-16-21(26)24-14-13-17-9-5-4-6-10-17/h7-9,11-12H,4-6,10,13-16H2,1-3H3,(H,24,26). The number of benzene rings is 1. The van der Waals surface area contributed by atoms with Crippen LogP contribution in [-0.4, -0.2) is 36.6 Å². The first kappa shape index (κ1) is 23.2. The monoisotopic (exact) mass is 417 g/mol. The molecule has 0 saturated carbocycles. The van der Waals surface area contributed by atoms with E-state index in [0.29, 0.717) is 17.0 Å². The molecule has 1 aromatic carbocycles. The van der Waals surface area contributed by atoms with Crippen LogP contribution in [0.1, 0.15) is 63.2 Å². The highest BCUT2D eigenvalue weighted by Gasteiger charge is 2.23. The van der Waals surface area contributed by atoms with Crippen molar-refractivity contribution < 1.29 is 19.1 Å². The minimum Gasteiger partial charge on any atom is -0.454 e. The first-order chi connectivity index (χ1) is 13.8. The molecule has 6 heteroatoms. The van der Waals surface area contributed by atoms with E-state index in [1.165, 1.54) is 30.2 Å². The summed E-state index contributed by atoms with van der Waals surface area (Å²) in [4.78, 5) is 37.2. The van der Waals surface area contributed by atoms with Gasteiger partial charge in [-0.3, -0.25) is 9.59 Å². The Morgan fingerprint density at radius 1 is 1.14 bits per heavy atom. The molecular weight excluding hydrogens is 386 g/mol. The smallest absolute Gasteiger partial charge is 0.339 e. The van der Waals surface area contributed by atoms with Crippen molar-refractivity contribution in [2.24, 2.45) is 5.41 Å².